The number of carbonyl (C=O) groups excluding carboxylic acids is 1. The second-order valence-electron chi connectivity index (χ2n) is 4.61. The van der Waals surface area contributed by atoms with Crippen LogP contribution >= 0.6 is 0 Å². The first kappa shape index (κ1) is 12.5. The van der Waals surface area contributed by atoms with Gasteiger partial charge < -0.3 is 10.0 Å². The Balaban J connectivity index is 2.53. The van der Waals surface area contributed by atoms with Gasteiger partial charge in [-0.1, -0.05) is 0 Å². The molecule has 1 unspecified atom stereocenters. The standard InChI is InChI=1S/C12H15N3O3/c1-8-10(14-6-5-13-8)12(2,11(17)18)15(7-16)9-3-4-9/h5-7,9H,3-4H2,1-2H3,(H,17,18). The van der Waals surface area contributed by atoms with Crippen LogP contribution in [0.4, 0.5) is 0 Å². The number of amides is 1. The fraction of sp³-hybridized carbons (Fsp3) is 0.500. The summed E-state index contributed by atoms with van der Waals surface area (Å²) in [5.41, 5.74) is -0.618. The van der Waals surface area contributed by atoms with Crippen LogP contribution in [0.15, 0.2) is 12.4 Å². The summed E-state index contributed by atoms with van der Waals surface area (Å²) in [5, 5.41) is 9.52. The molecular formula is C12H15N3O3. The lowest BCUT2D eigenvalue weighted by Gasteiger charge is -2.35. The summed E-state index contributed by atoms with van der Waals surface area (Å²) in [6.07, 6.45) is 5.21. The summed E-state index contributed by atoms with van der Waals surface area (Å²) in [4.78, 5) is 32.4. The van der Waals surface area contributed by atoms with Crippen molar-refractivity contribution in [2.24, 2.45) is 0 Å². The zero-order valence-corrected chi connectivity index (χ0v) is 10.3. The molecule has 0 aromatic carbocycles. The van der Waals surface area contributed by atoms with E-state index in [-0.39, 0.29) is 6.04 Å². The number of hydrogen-bond donors (Lipinski definition) is 1. The quantitative estimate of drug-likeness (QED) is 0.777. The largest absolute Gasteiger partial charge is 0.479 e. The Kier molecular flexibility index (Phi) is 3.02. The third-order valence-electron chi connectivity index (χ3n) is 3.33. The fourth-order valence-electron chi connectivity index (χ4n) is 2.13. The number of aromatic nitrogens is 2. The number of rotatable bonds is 5. The lowest BCUT2D eigenvalue weighted by atomic mass is 9.93. The van der Waals surface area contributed by atoms with Crippen LogP contribution in [0.2, 0.25) is 0 Å². The molecular weight excluding hydrogens is 234 g/mol. The Morgan fingerprint density at radius 2 is 2.11 bits per heavy atom. The predicted octanol–water partition coefficient (Wildman–Crippen LogP) is 0.706. The third-order valence-corrected chi connectivity index (χ3v) is 3.33. The van der Waals surface area contributed by atoms with E-state index in [1.54, 1.807) is 6.92 Å². The van der Waals surface area contributed by atoms with Crippen molar-refractivity contribution in [2.45, 2.75) is 38.3 Å². The number of carbonyl (C=O) groups is 2. The van der Waals surface area contributed by atoms with Gasteiger partial charge in [-0.15, -0.1) is 0 Å². The molecule has 1 saturated carbocycles. The Labute approximate surface area is 105 Å². The average Bonchev–Trinajstić information content (AvgIpc) is 3.14. The molecule has 1 atom stereocenters. The van der Waals surface area contributed by atoms with Gasteiger partial charge in [0.25, 0.3) is 0 Å². The molecule has 6 nitrogen and oxygen atoms in total. The van der Waals surface area contributed by atoms with Crippen molar-refractivity contribution in [1.82, 2.24) is 14.9 Å². The van der Waals surface area contributed by atoms with Gasteiger partial charge in [-0.3, -0.25) is 14.8 Å². The molecule has 0 radical (unpaired) electrons. The highest BCUT2D eigenvalue weighted by atomic mass is 16.4. The molecule has 0 spiro atoms. The van der Waals surface area contributed by atoms with Crippen molar-refractivity contribution < 1.29 is 14.7 Å². The number of aliphatic carboxylic acids is 1. The van der Waals surface area contributed by atoms with Crippen molar-refractivity contribution >= 4 is 12.4 Å². The summed E-state index contributed by atoms with van der Waals surface area (Å²) in [5.74, 6) is -1.09. The molecule has 0 saturated heterocycles. The van der Waals surface area contributed by atoms with E-state index in [1.165, 1.54) is 24.2 Å². The van der Waals surface area contributed by atoms with Crippen LogP contribution in [0.1, 0.15) is 31.2 Å². The number of hydrogen-bond acceptors (Lipinski definition) is 4. The van der Waals surface area contributed by atoms with Gasteiger partial charge in [0.1, 0.15) is 0 Å². The first-order valence-electron chi connectivity index (χ1n) is 5.77. The minimum atomic E-state index is -1.46. The van der Waals surface area contributed by atoms with Gasteiger partial charge in [-0.2, -0.15) is 0 Å². The third kappa shape index (κ3) is 1.83. The Bertz CT molecular complexity index is 487. The summed E-state index contributed by atoms with van der Waals surface area (Å²) in [7, 11) is 0. The van der Waals surface area contributed by atoms with E-state index >= 15 is 0 Å². The van der Waals surface area contributed by atoms with Crippen LogP contribution < -0.4 is 0 Å². The predicted molar refractivity (Wildman–Crippen MR) is 62.7 cm³/mol. The Hall–Kier alpha value is -1.98. The highest BCUT2D eigenvalue weighted by molar-refractivity contribution is 5.82. The molecule has 1 aromatic heterocycles. The van der Waals surface area contributed by atoms with E-state index in [0.29, 0.717) is 17.8 Å². The van der Waals surface area contributed by atoms with E-state index < -0.39 is 11.5 Å². The lowest BCUT2D eigenvalue weighted by molar-refractivity contribution is -0.155. The molecule has 0 bridgehead atoms. The lowest BCUT2D eigenvalue weighted by Crippen LogP contribution is -2.51. The van der Waals surface area contributed by atoms with Gasteiger partial charge in [0, 0.05) is 18.4 Å². The zero-order valence-electron chi connectivity index (χ0n) is 10.3. The fourth-order valence-corrected chi connectivity index (χ4v) is 2.13. The monoisotopic (exact) mass is 249 g/mol. The van der Waals surface area contributed by atoms with E-state index in [9.17, 15) is 14.7 Å². The van der Waals surface area contributed by atoms with Crippen molar-refractivity contribution in [3.05, 3.63) is 23.8 Å². The molecule has 2 rings (SSSR count). The summed E-state index contributed by atoms with van der Waals surface area (Å²) < 4.78 is 0. The first-order chi connectivity index (χ1) is 8.51. The molecule has 0 aliphatic heterocycles. The van der Waals surface area contributed by atoms with Crippen LogP contribution in [0, 0.1) is 6.92 Å². The summed E-state index contributed by atoms with van der Waals surface area (Å²) >= 11 is 0. The van der Waals surface area contributed by atoms with Gasteiger partial charge in [0.05, 0.1) is 11.4 Å². The minimum absolute atomic E-state index is 0.00925. The van der Waals surface area contributed by atoms with Crippen LogP contribution in [-0.2, 0) is 15.1 Å². The maximum Gasteiger partial charge on any atom is 0.335 e. The number of aryl methyl sites for hydroxylation is 1. The second-order valence-corrected chi connectivity index (χ2v) is 4.61. The topological polar surface area (TPSA) is 83.4 Å². The maximum atomic E-state index is 11.6. The summed E-state index contributed by atoms with van der Waals surface area (Å²) in [6, 6.07) is -0.00925. The molecule has 1 fully saturated rings. The molecule has 1 aromatic rings. The zero-order chi connectivity index (χ0) is 13.3. The number of carboxylic acid groups (broad SMARTS) is 1. The summed E-state index contributed by atoms with van der Waals surface area (Å²) in [6.45, 7) is 3.19. The molecule has 1 N–H and O–H groups in total. The van der Waals surface area contributed by atoms with Gasteiger partial charge in [-0.05, 0) is 26.7 Å². The molecule has 1 amide bonds. The number of nitrogens with zero attached hydrogens (tertiary/aromatic N) is 3. The van der Waals surface area contributed by atoms with Crippen molar-refractivity contribution in [1.29, 1.82) is 0 Å². The molecule has 18 heavy (non-hydrogen) atoms. The SMILES string of the molecule is Cc1nccnc1C(C)(C(=O)O)N(C=O)C1CC1. The van der Waals surface area contributed by atoms with Crippen molar-refractivity contribution in [2.75, 3.05) is 0 Å². The molecule has 6 heteroatoms. The Morgan fingerprint density at radius 1 is 1.50 bits per heavy atom. The van der Waals surface area contributed by atoms with Crippen molar-refractivity contribution in [3.63, 3.8) is 0 Å². The average molecular weight is 249 g/mol. The van der Waals surface area contributed by atoms with Crippen LogP contribution in [0.3, 0.4) is 0 Å². The first-order valence-corrected chi connectivity index (χ1v) is 5.77. The molecule has 1 heterocycles. The Morgan fingerprint density at radius 3 is 2.56 bits per heavy atom. The molecule has 1 aliphatic rings. The van der Waals surface area contributed by atoms with E-state index in [1.807, 2.05) is 0 Å². The van der Waals surface area contributed by atoms with Gasteiger partial charge >= 0.3 is 5.97 Å². The highest BCUT2D eigenvalue weighted by Crippen LogP contribution is 2.37. The molecule has 1 aliphatic carbocycles. The van der Waals surface area contributed by atoms with Gasteiger partial charge in [0.15, 0.2) is 5.54 Å². The van der Waals surface area contributed by atoms with E-state index in [0.717, 1.165) is 12.8 Å². The van der Waals surface area contributed by atoms with Gasteiger partial charge in [-0.25, -0.2) is 4.79 Å². The van der Waals surface area contributed by atoms with Gasteiger partial charge in [0.2, 0.25) is 6.41 Å². The number of carboxylic acids is 1. The smallest absolute Gasteiger partial charge is 0.335 e. The van der Waals surface area contributed by atoms with Crippen LogP contribution in [0.25, 0.3) is 0 Å². The van der Waals surface area contributed by atoms with Crippen LogP contribution in [0.5, 0.6) is 0 Å². The molecule has 96 valence electrons. The minimum Gasteiger partial charge on any atom is -0.479 e. The normalized spacial score (nSPS) is 17.9. The van der Waals surface area contributed by atoms with E-state index in [4.69, 9.17) is 0 Å². The van der Waals surface area contributed by atoms with Crippen LogP contribution in [-0.4, -0.2) is 38.4 Å². The van der Waals surface area contributed by atoms with Crippen molar-refractivity contribution in [3.8, 4) is 0 Å². The highest BCUT2D eigenvalue weighted by Gasteiger charge is 2.49. The van der Waals surface area contributed by atoms with E-state index in [2.05, 4.69) is 9.97 Å². The maximum absolute atomic E-state index is 11.6. The second kappa shape index (κ2) is 4.36.